The van der Waals surface area contributed by atoms with Crippen molar-refractivity contribution >= 4 is 22.9 Å². The van der Waals surface area contributed by atoms with Crippen molar-refractivity contribution in [2.75, 3.05) is 5.43 Å². The number of carbonyl (C=O) groups excluding carboxylic acids is 1. The number of carbonyl (C=O) groups is 1. The Balaban J connectivity index is 1.63. The van der Waals surface area contributed by atoms with Crippen LogP contribution < -0.4 is 16.4 Å². The average molecular weight is 341 g/mol. The van der Waals surface area contributed by atoms with Gasteiger partial charge in [0.1, 0.15) is 0 Å². The maximum atomic E-state index is 12.8. The standard InChI is InChI=1S/C18H23N5O2/c1-3-8-23-13-9-11(2)10-19-14(13)20-15(16(23)24)21-22-17(25)18(6-7-18)12-4-5-12/h9-10,12H,3-8H2,1-2H3,(H,22,25)(H,19,20,21). The Morgan fingerprint density at radius 3 is 2.80 bits per heavy atom. The number of rotatable bonds is 6. The molecule has 2 N–H and O–H groups in total. The molecular weight excluding hydrogens is 318 g/mol. The molecule has 2 aliphatic rings. The van der Waals surface area contributed by atoms with Crippen LogP contribution in [0.4, 0.5) is 5.82 Å². The lowest BCUT2D eigenvalue weighted by Gasteiger charge is -2.16. The highest BCUT2D eigenvalue weighted by atomic mass is 16.2. The van der Waals surface area contributed by atoms with Crippen LogP contribution in [0.2, 0.25) is 0 Å². The summed E-state index contributed by atoms with van der Waals surface area (Å²) in [6.45, 7) is 4.54. The molecule has 4 rings (SSSR count). The molecule has 7 nitrogen and oxygen atoms in total. The van der Waals surface area contributed by atoms with Gasteiger partial charge >= 0.3 is 0 Å². The molecule has 25 heavy (non-hydrogen) atoms. The Bertz CT molecular complexity index is 896. The van der Waals surface area contributed by atoms with E-state index in [2.05, 4.69) is 20.8 Å². The van der Waals surface area contributed by atoms with Crippen LogP contribution in [0.25, 0.3) is 11.2 Å². The molecule has 0 saturated heterocycles. The van der Waals surface area contributed by atoms with Gasteiger partial charge in [-0.15, -0.1) is 0 Å². The van der Waals surface area contributed by atoms with Crippen LogP contribution in [-0.4, -0.2) is 20.4 Å². The third kappa shape index (κ3) is 2.77. The predicted octanol–water partition coefficient (Wildman–Crippen LogP) is 2.14. The lowest BCUT2D eigenvalue weighted by molar-refractivity contribution is -0.126. The summed E-state index contributed by atoms with van der Waals surface area (Å²) in [5, 5.41) is 0. The van der Waals surface area contributed by atoms with E-state index in [0.717, 1.165) is 43.2 Å². The minimum atomic E-state index is -0.238. The molecule has 0 aromatic carbocycles. The fourth-order valence-electron chi connectivity index (χ4n) is 3.58. The zero-order valence-corrected chi connectivity index (χ0v) is 14.6. The molecule has 1 amide bonds. The molecule has 0 radical (unpaired) electrons. The maximum absolute atomic E-state index is 12.8. The van der Waals surface area contributed by atoms with Gasteiger partial charge < -0.3 is 4.57 Å². The number of aryl methyl sites for hydroxylation is 2. The number of pyridine rings is 1. The summed E-state index contributed by atoms with van der Waals surface area (Å²) in [5.74, 6) is 0.618. The molecule has 0 unspecified atom stereocenters. The maximum Gasteiger partial charge on any atom is 0.295 e. The molecule has 0 spiro atoms. The van der Waals surface area contributed by atoms with Crippen molar-refractivity contribution in [1.82, 2.24) is 20.0 Å². The second-order valence-corrected chi connectivity index (χ2v) is 7.28. The second-order valence-electron chi connectivity index (χ2n) is 7.28. The van der Waals surface area contributed by atoms with Crippen LogP contribution in [0.1, 0.15) is 44.6 Å². The SMILES string of the molecule is CCCn1c(=O)c(NNC(=O)C2(C3CC3)CC2)nc2ncc(C)cc21. The number of hydrazine groups is 1. The van der Waals surface area contributed by atoms with Gasteiger partial charge in [0.25, 0.3) is 5.56 Å². The highest BCUT2D eigenvalue weighted by Crippen LogP contribution is 2.61. The summed E-state index contributed by atoms with van der Waals surface area (Å²) < 4.78 is 1.67. The number of hydrogen-bond acceptors (Lipinski definition) is 5. The van der Waals surface area contributed by atoms with Crippen molar-refractivity contribution in [3.05, 3.63) is 28.2 Å². The summed E-state index contributed by atoms with van der Waals surface area (Å²) >= 11 is 0. The van der Waals surface area contributed by atoms with Gasteiger partial charge in [-0.25, -0.2) is 9.97 Å². The molecule has 0 bridgehead atoms. The quantitative estimate of drug-likeness (QED) is 0.786. The normalized spacial score (nSPS) is 18.2. The summed E-state index contributed by atoms with van der Waals surface area (Å²) in [6, 6.07) is 1.92. The molecule has 7 heteroatoms. The van der Waals surface area contributed by atoms with Crippen molar-refractivity contribution in [2.45, 2.75) is 52.5 Å². The number of nitrogens with zero attached hydrogens (tertiary/aromatic N) is 3. The van der Waals surface area contributed by atoms with Crippen molar-refractivity contribution in [3.8, 4) is 0 Å². The lowest BCUT2D eigenvalue weighted by Crippen LogP contribution is -2.40. The number of aromatic nitrogens is 3. The zero-order chi connectivity index (χ0) is 17.6. The number of amides is 1. The molecule has 0 aliphatic heterocycles. The molecule has 2 heterocycles. The predicted molar refractivity (Wildman–Crippen MR) is 95.0 cm³/mol. The number of fused-ring (bicyclic) bond motifs is 1. The molecular formula is C18H23N5O2. The topological polar surface area (TPSA) is 88.9 Å². The van der Waals surface area contributed by atoms with Gasteiger partial charge in [-0.2, -0.15) is 0 Å². The van der Waals surface area contributed by atoms with E-state index in [-0.39, 0.29) is 22.7 Å². The molecule has 2 aromatic rings. The van der Waals surface area contributed by atoms with Gasteiger partial charge in [-0.05, 0) is 56.6 Å². The van der Waals surface area contributed by atoms with Crippen LogP contribution in [0.3, 0.4) is 0 Å². The first-order chi connectivity index (χ1) is 12.0. The molecule has 2 saturated carbocycles. The number of anilines is 1. The van der Waals surface area contributed by atoms with E-state index in [1.165, 1.54) is 0 Å². The van der Waals surface area contributed by atoms with E-state index in [0.29, 0.717) is 18.1 Å². The highest BCUT2D eigenvalue weighted by molar-refractivity contribution is 5.87. The van der Waals surface area contributed by atoms with Crippen molar-refractivity contribution in [1.29, 1.82) is 0 Å². The highest BCUT2D eigenvalue weighted by Gasteiger charge is 2.59. The van der Waals surface area contributed by atoms with E-state index in [4.69, 9.17) is 0 Å². The monoisotopic (exact) mass is 341 g/mol. The van der Waals surface area contributed by atoms with Gasteiger partial charge in [0.2, 0.25) is 11.7 Å². The van der Waals surface area contributed by atoms with E-state index in [1.54, 1.807) is 10.8 Å². The fraction of sp³-hybridized carbons (Fsp3) is 0.556. The smallest absolute Gasteiger partial charge is 0.295 e. The Labute approximate surface area is 145 Å². The van der Waals surface area contributed by atoms with Crippen molar-refractivity contribution in [3.63, 3.8) is 0 Å². The first kappa shape index (κ1) is 16.1. The molecule has 132 valence electrons. The lowest BCUT2D eigenvalue weighted by atomic mass is 10.0. The van der Waals surface area contributed by atoms with Gasteiger partial charge in [-0.3, -0.25) is 20.4 Å². The second kappa shape index (κ2) is 5.82. The van der Waals surface area contributed by atoms with Gasteiger partial charge in [-0.1, -0.05) is 6.92 Å². The van der Waals surface area contributed by atoms with Crippen LogP contribution in [0.5, 0.6) is 0 Å². The van der Waals surface area contributed by atoms with Gasteiger partial charge in [0.05, 0.1) is 10.9 Å². The van der Waals surface area contributed by atoms with Gasteiger partial charge in [0, 0.05) is 12.7 Å². The summed E-state index contributed by atoms with van der Waals surface area (Å²) in [5.41, 5.74) is 7.24. The summed E-state index contributed by atoms with van der Waals surface area (Å²) in [6.07, 6.45) is 6.70. The first-order valence-electron chi connectivity index (χ1n) is 8.99. The van der Waals surface area contributed by atoms with E-state index in [9.17, 15) is 9.59 Å². The van der Waals surface area contributed by atoms with E-state index in [1.807, 2.05) is 19.9 Å². The first-order valence-corrected chi connectivity index (χ1v) is 8.99. The Morgan fingerprint density at radius 1 is 1.40 bits per heavy atom. The van der Waals surface area contributed by atoms with E-state index < -0.39 is 0 Å². The van der Waals surface area contributed by atoms with Crippen LogP contribution in [-0.2, 0) is 11.3 Å². The Morgan fingerprint density at radius 2 is 2.16 bits per heavy atom. The minimum Gasteiger partial charge on any atom is -0.302 e. The van der Waals surface area contributed by atoms with E-state index >= 15 is 0 Å². The minimum absolute atomic E-state index is 0.0183. The summed E-state index contributed by atoms with van der Waals surface area (Å²) in [7, 11) is 0. The Kier molecular flexibility index (Phi) is 3.74. The molecule has 2 aliphatic carbocycles. The van der Waals surface area contributed by atoms with Crippen LogP contribution in [0.15, 0.2) is 17.1 Å². The third-order valence-electron chi connectivity index (χ3n) is 5.28. The van der Waals surface area contributed by atoms with Crippen LogP contribution >= 0.6 is 0 Å². The third-order valence-corrected chi connectivity index (χ3v) is 5.28. The number of hydrogen-bond donors (Lipinski definition) is 2. The number of nitrogens with one attached hydrogen (secondary N) is 2. The van der Waals surface area contributed by atoms with Gasteiger partial charge in [0.15, 0.2) is 5.65 Å². The van der Waals surface area contributed by atoms with Crippen molar-refractivity contribution in [2.24, 2.45) is 11.3 Å². The average Bonchev–Trinajstić information content (AvgIpc) is 3.47. The zero-order valence-electron chi connectivity index (χ0n) is 14.6. The Hall–Kier alpha value is -2.44. The summed E-state index contributed by atoms with van der Waals surface area (Å²) in [4.78, 5) is 33.9. The molecule has 0 atom stereocenters. The molecule has 2 fully saturated rings. The van der Waals surface area contributed by atoms with Crippen molar-refractivity contribution < 1.29 is 4.79 Å². The largest absolute Gasteiger partial charge is 0.302 e. The fourth-order valence-corrected chi connectivity index (χ4v) is 3.58. The molecule has 2 aromatic heterocycles. The van der Waals surface area contributed by atoms with Crippen LogP contribution in [0, 0.1) is 18.3 Å².